The Bertz CT molecular complexity index is 279. The van der Waals surface area contributed by atoms with E-state index >= 15 is 0 Å². The summed E-state index contributed by atoms with van der Waals surface area (Å²) in [6, 6.07) is 0.0282. The van der Waals surface area contributed by atoms with Crippen molar-refractivity contribution in [3.63, 3.8) is 0 Å². The second-order valence-corrected chi connectivity index (χ2v) is 6.84. The minimum Gasteiger partial charge on any atom is -0.444 e. The van der Waals surface area contributed by atoms with E-state index in [2.05, 4.69) is 5.32 Å². The van der Waals surface area contributed by atoms with Crippen molar-refractivity contribution in [1.29, 1.82) is 0 Å². The van der Waals surface area contributed by atoms with E-state index in [0.717, 1.165) is 0 Å². The lowest BCUT2D eigenvalue weighted by Crippen LogP contribution is -2.51. The summed E-state index contributed by atoms with van der Waals surface area (Å²) in [5.74, 6) is 0. The van der Waals surface area contributed by atoms with Crippen molar-refractivity contribution in [2.45, 2.75) is 65.6 Å². The average molecular weight is 274 g/mol. The van der Waals surface area contributed by atoms with E-state index in [-0.39, 0.29) is 24.3 Å². The molecule has 2 N–H and O–H groups in total. The van der Waals surface area contributed by atoms with Crippen LogP contribution in [-0.2, 0) is 4.74 Å². The molecule has 0 bridgehead atoms. The van der Waals surface area contributed by atoms with Crippen LogP contribution in [0.2, 0.25) is 0 Å². The van der Waals surface area contributed by atoms with E-state index in [0.29, 0.717) is 13.1 Å². The number of hydrogen-bond donors (Lipinski definition) is 2. The molecule has 5 nitrogen and oxygen atoms in total. The molecule has 0 aliphatic rings. The van der Waals surface area contributed by atoms with E-state index in [9.17, 15) is 4.79 Å². The molecule has 5 heteroatoms. The maximum absolute atomic E-state index is 12.2. The van der Waals surface area contributed by atoms with Gasteiger partial charge in [-0.15, -0.1) is 0 Å². The first kappa shape index (κ1) is 18.2. The second-order valence-electron chi connectivity index (χ2n) is 6.84. The molecule has 0 radical (unpaired) electrons. The molecule has 0 rings (SSSR count). The zero-order valence-electron chi connectivity index (χ0n) is 13.4. The molecule has 0 saturated heterocycles. The van der Waals surface area contributed by atoms with Crippen LogP contribution in [0.4, 0.5) is 4.79 Å². The van der Waals surface area contributed by atoms with Gasteiger partial charge >= 0.3 is 6.09 Å². The Kier molecular flexibility index (Phi) is 6.80. The standard InChI is InChI=1S/C14H30N2O3/c1-11(10-17)15-8-9-16(13(2,3)4)12(18)19-14(5,6)7/h11,15,17H,8-10H2,1-7H3. The van der Waals surface area contributed by atoms with Crippen LogP contribution in [0.15, 0.2) is 0 Å². The third kappa shape index (κ3) is 8.06. The van der Waals surface area contributed by atoms with Crippen LogP contribution in [-0.4, -0.2) is 53.0 Å². The number of carbonyl (C=O) groups is 1. The first-order valence-electron chi connectivity index (χ1n) is 6.82. The third-order valence-electron chi connectivity index (χ3n) is 2.53. The lowest BCUT2D eigenvalue weighted by atomic mass is 10.1. The van der Waals surface area contributed by atoms with Gasteiger partial charge in [0.15, 0.2) is 0 Å². The number of rotatable bonds is 5. The Hall–Kier alpha value is -0.810. The number of carbonyl (C=O) groups excluding carboxylic acids is 1. The lowest BCUT2D eigenvalue weighted by Gasteiger charge is -2.37. The van der Waals surface area contributed by atoms with Crippen LogP contribution < -0.4 is 5.32 Å². The van der Waals surface area contributed by atoms with E-state index in [1.54, 1.807) is 4.90 Å². The summed E-state index contributed by atoms with van der Waals surface area (Å²) in [5.41, 5.74) is -0.793. The quantitative estimate of drug-likeness (QED) is 0.805. The second kappa shape index (κ2) is 7.10. The molecule has 1 atom stereocenters. The highest BCUT2D eigenvalue weighted by molar-refractivity contribution is 5.69. The van der Waals surface area contributed by atoms with Gasteiger partial charge in [0.2, 0.25) is 0 Å². The Morgan fingerprint density at radius 3 is 2.16 bits per heavy atom. The number of ether oxygens (including phenoxy) is 1. The van der Waals surface area contributed by atoms with E-state index < -0.39 is 5.60 Å². The van der Waals surface area contributed by atoms with E-state index in [1.165, 1.54) is 0 Å². The molecule has 0 aliphatic carbocycles. The van der Waals surface area contributed by atoms with Gasteiger partial charge in [-0.25, -0.2) is 4.79 Å². The van der Waals surface area contributed by atoms with Gasteiger partial charge in [-0.3, -0.25) is 0 Å². The maximum Gasteiger partial charge on any atom is 0.410 e. The number of nitrogens with one attached hydrogen (secondary N) is 1. The van der Waals surface area contributed by atoms with Crippen LogP contribution in [0.1, 0.15) is 48.5 Å². The molecule has 1 unspecified atom stereocenters. The highest BCUT2D eigenvalue weighted by Gasteiger charge is 2.30. The Morgan fingerprint density at radius 1 is 1.26 bits per heavy atom. The molecule has 0 spiro atoms. The predicted molar refractivity (Wildman–Crippen MR) is 77.2 cm³/mol. The fourth-order valence-corrected chi connectivity index (χ4v) is 1.50. The van der Waals surface area contributed by atoms with Gasteiger partial charge in [0, 0.05) is 24.7 Å². The molecule has 0 saturated carbocycles. The average Bonchev–Trinajstić information content (AvgIpc) is 2.19. The molecular formula is C14H30N2O3. The van der Waals surface area contributed by atoms with Crippen molar-refractivity contribution in [3.05, 3.63) is 0 Å². The number of amides is 1. The number of aliphatic hydroxyl groups is 1. The normalized spacial score (nSPS) is 14.1. The molecule has 114 valence electrons. The first-order valence-corrected chi connectivity index (χ1v) is 6.82. The molecule has 0 aromatic heterocycles. The van der Waals surface area contributed by atoms with E-state index in [4.69, 9.17) is 9.84 Å². The summed E-state index contributed by atoms with van der Waals surface area (Å²) in [6.45, 7) is 14.7. The van der Waals surface area contributed by atoms with Gasteiger partial charge in [0.05, 0.1) is 6.61 Å². The van der Waals surface area contributed by atoms with Crippen molar-refractivity contribution in [3.8, 4) is 0 Å². The van der Waals surface area contributed by atoms with Gasteiger partial charge in [0.1, 0.15) is 5.60 Å². The van der Waals surface area contributed by atoms with Crippen molar-refractivity contribution in [1.82, 2.24) is 10.2 Å². The SMILES string of the molecule is CC(CO)NCCN(C(=O)OC(C)(C)C)C(C)(C)C. The summed E-state index contributed by atoms with van der Waals surface area (Å²) < 4.78 is 5.42. The molecule has 0 aromatic rings. The first-order chi connectivity index (χ1) is 8.47. The zero-order valence-corrected chi connectivity index (χ0v) is 13.4. The molecule has 0 aliphatic heterocycles. The minimum atomic E-state index is -0.494. The van der Waals surface area contributed by atoms with Gasteiger partial charge in [0.25, 0.3) is 0 Å². The Balaban J connectivity index is 4.53. The lowest BCUT2D eigenvalue weighted by molar-refractivity contribution is 0.00641. The van der Waals surface area contributed by atoms with Gasteiger partial charge in [-0.1, -0.05) is 0 Å². The summed E-state index contributed by atoms with van der Waals surface area (Å²) in [6.07, 6.45) is -0.307. The largest absolute Gasteiger partial charge is 0.444 e. The van der Waals surface area contributed by atoms with Crippen molar-refractivity contribution < 1.29 is 14.6 Å². The highest BCUT2D eigenvalue weighted by Crippen LogP contribution is 2.17. The minimum absolute atomic E-state index is 0.0282. The van der Waals surface area contributed by atoms with Gasteiger partial charge in [-0.05, 0) is 48.5 Å². The highest BCUT2D eigenvalue weighted by atomic mass is 16.6. The Morgan fingerprint density at radius 2 is 1.79 bits per heavy atom. The molecule has 0 heterocycles. The van der Waals surface area contributed by atoms with Crippen LogP contribution in [0.3, 0.4) is 0 Å². The summed E-state index contributed by atoms with van der Waals surface area (Å²) in [4.78, 5) is 13.9. The van der Waals surface area contributed by atoms with Crippen LogP contribution >= 0.6 is 0 Å². The third-order valence-corrected chi connectivity index (χ3v) is 2.53. The van der Waals surface area contributed by atoms with Crippen LogP contribution in [0.25, 0.3) is 0 Å². The van der Waals surface area contributed by atoms with Gasteiger partial charge < -0.3 is 20.1 Å². The number of hydrogen-bond acceptors (Lipinski definition) is 4. The van der Waals surface area contributed by atoms with Crippen molar-refractivity contribution >= 4 is 6.09 Å². The van der Waals surface area contributed by atoms with Crippen LogP contribution in [0, 0.1) is 0 Å². The molecule has 1 amide bonds. The number of nitrogens with zero attached hydrogens (tertiary/aromatic N) is 1. The molecule has 0 aromatic carbocycles. The van der Waals surface area contributed by atoms with Gasteiger partial charge in [-0.2, -0.15) is 0 Å². The predicted octanol–water partition coefficient (Wildman–Crippen LogP) is 1.99. The van der Waals surface area contributed by atoms with Crippen molar-refractivity contribution in [2.75, 3.05) is 19.7 Å². The molecule has 19 heavy (non-hydrogen) atoms. The summed E-state index contributed by atoms with van der Waals surface area (Å²) in [5, 5.41) is 12.1. The topological polar surface area (TPSA) is 61.8 Å². The maximum atomic E-state index is 12.2. The Labute approximate surface area is 117 Å². The monoisotopic (exact) mass is 274 g/mol. The fraction of sp³-hybridized carbons (Fsp3) is 0.929. The summed E-state index contributed by atoms with van der Waals surface area (Å²) in [7, 11) is 0. The summed E-state index contributed by atoms with van der Waals surface area (Å²) >= 11 is 0. The van der Waals surface area contributed by atoms with E-state index in [1.807, 2.05) is 48.5 Å². The fourth-order valence-electron chi connectivity index (χ4n) is 1.50. The smallest absolute Gasteiger partial charge is 0.410 e. The zero-order chi connectivity index (χ0) is 15.3. The molecular weight excluding hydrogens is 244 g/mol. The van der Waals surface area contributed by atoms with Crippen molar-refractivity contribution in [2.24, 2.45) is 0 Å². The molecule has 0 fully saturated rings. The number of aliphatic hydroxyl groups excluding tert-OH is 1. The van der Waals surface area contributed by atoms with Crippen LogP contribution in [0.5, 0.6) is 0 Å².